The van der Waals surface area contributed by atoms with Gasteiger partial charge in [0.2, 0.25) is 0 Å². The van der Waals surface area contributed by atoms with Gasteiger partial charge in [0.15, 0.2) is 5.65 Å². The fourth-order valence-electron chi connectivity index (χ4n) is 5.42. The molecular weight excluding hydrogens is 433 g/mol. The van der Waals surface area contributed by atoms with E-state index in [1.807, 2.05) is 17.6 Å². The number of fused-ring (bicyclic) bond motifs is 4. The Morgan fingerprint density at radius 2 is 1.88 bits per heavy atom. The normalized spacial score (nSPS) is 21.8. The van der Waals surface area contributed by atoms with Crippen molar-refractivity contribution in [2.75, 3.05) is 26.7 Å². The van der Waals surface area contributed by atoms with Gasteiger partial charge in [-0.25, -0.2) is 19.3 Å². The third-order valence-electron chi connectivity index (χ3n) is 7.24. The second-order valence-electron chi connectivity index (χ2n) is 9.21. The largest absolute Gasteiger partial charge is 0.467 e. The molecule has 7 rings (SSSR count). The van der Waals surface area contributed by atoms with Gasteiger partial charge in [-0.15, -0.1) is 0 Å². The van der Waals surface area contributed by atoms with Crippen LogP contribution in [0.4, 0.5) is 4.39 Å². The molecule has 0 amide bonds. The van der Waals surface area contributed by atoms with Crippen molar-refractivity contribution in [2.45, 2.75) is 32.2 Å². The summed E-state index contributed by atoms with van der Waals surface area (Å²) >= 11 is 0. The summed E-state index contributed by atoms with van der Waals surface area (Å²) in [6, 6.07) is 5.98. The molecule has 3 aliphatic rings. The van der Waals surface area contributed by atoms with Crippen molar-refractivity contribution in [3.8, 4) is 17.4 Å². The van der Waals surface area contributed by atoms with E-state index >= 15 is 4.39 Å². The molecule has 0 spiro atoms. The number of methoxy groups -OCH3 is 1. The molecule has 3 aliphatic heterocycles. The molecule has 1 aromatic carbocycles. The van der Waals surface area contributed by atoms with Crippen molar-refractivity contribution < 1.29 is 9.13 Å². The van der Waals surface area contributed by atoms with Gasteiger partial charge in [-0.05, 0) is 56.3 Å². The van der Waals surface area contributed by atoms with Crippen LogP contribution in [0.15, 0.2) is 36.9 Å². The number of imidazole rings is 1. The lowest BCUT2D eigenvalue weighted by molar-refractivity contribution is 0.0870. The molecule has 0 saturated carbocycles. The second-order valence-corrected chi connectivity index (χ2v) is 9.21. The maximum atomic E-state index is 15.5. The molecule has 8 nitrogen and oxygen atoms in total. The van der Waals surface area contributed by atoms with Gasteiger partial charge in [0.05, 0.1) is 24.9 Å². The van der Waals surface area contributed by atoms with Crippen molar-refractivity contribution in [2.24, 2.45) is 5.92 Å². The molecule has 0 N–H and O–H groups in total. The van der Waals surface area contributed by atoms with Crippen molar-refractivity contribution in [3.05, 3.63) is 59.6 Å². The van der Waals surface area contributed by atoms with Crippen LogP contribution in [0, 0.1) is 18.7 Å². The van der Waals surface area contributed by atoms with Crippen molar-refractivity contribution >= 4 is 11.2 Å². The predicted molar refractivity (Wildman–Crippen MR) is 125 cm³/mol. The van der Waals surface area contributed by atoms with Gasteiger partial charge in [0.25, 0.3) is 0 Å². The summed E-state index contributed by atoms with van der Waals surface area (Å²) in [7, 11) is 1.53. The minimum atomic E-state index is -0.205. The summed E-state index contributed by atoms with van der Waals surface area (Å²) in [4.78, 5) is 24.4. The maximum Gasteiger partial charge on any atom is 0.318 e. The third-order valence-corrected chi connectivity index (χ3v) is 7.24. The highest BCUT2D eigenvalue weighted by atomic mass is 19.1. The van der Waals surface area contributed by atoms with E-state index in [4.69, 9.17) is 9.72 Å². The molecular formula is C25H26FN7O. The monoisotopic (exact) mass is 459 g/mol. The molecule has 0 unspecified atom stereocenters. The molecule has 6 heterocycles. The average Bonchev–Trinajstić information content (AvgIpc) is 3.25. The fourth-order valence-corrected chi connectivity index (χ4v) is 5.42. The first-order valence-corrected chi connectivity index (χ1v) is 11.7. The number of halogens is 1. The predicted octanol–water partition coefficient (Wildman–Crippen LogP) is 3.60. The molecule has 2 bridgehead atoms. The summed E-state index contributed by atoms with van der Waals surface area (Å²) < 4.78 is 22.6. The summed E-state index contributed by atoms with van der Waals surface area (Å²) in [6.07, 6.45) is 7.27. The Hall–Kier alpha value is -3.46. The molecule has 4 aromatic rings. The smallest absolute Gasteiger partial charge is 0.318 e. The van der Waals surface area contributed by atoms with Gasteiger partial charge in [0, 0.05) is 24.5 Å². The Bertz CT molecular complexity index is 1350. The Labute approximate surface area is 196 Å². The highest BCUT2D eigenvalue weighted by Gasteiger charge is 2.35. The number of hydrogen-bond donors (Lipinski definition) is 0. The number of benzene rings is 1. The zero-order valence-corrected chi connectivity index (χ0v) is 19.3. The molecule has 3 fully saturated rings. The van der Waals surface area contributed by atoms with Gasteiger partial charge < -0.3 is 14.2 Å². The van der Waals surface area contributed by atoms with Gasteiger partial charge in [0.1, 0.15) is 23.5 Å². The number of aromatic nitrogens is 6. The van der Waals surface area contributed by atoms with Crippen molar-refractivity contribution in [3.63, 3.8) is 0 Å². The summed E-state index contributed by atoms with van der Waals surface area (Å²) in [5, 5.41) is 0. The van der Waals surface area contributed by atoms with E-state index in [-0.39, 0.29) is 18.4 Å². The van der Waals surface area contributed by atoms with Crippen LogP contribution in [0.25, 0.3) is 22.6 Å². The summed E-state index contributed by atoms with van der Waals surface area (Å²) in [6.45, 7) is 5.51. The molecule has 34 heavy (non-hydrogen) atoms. The van der Waals surface area contributed by atoms with Gasteiger partial charge >= 0.3 is 6.01 Å². The van der Waals surface area contributed by atoms with Gasteiger partial charge in [-0.1, -0.05) is 12.1 Å². The van der Waals surface area contributed by atoms with Crippen LogP contribution >= 0.6 is 0 Å². The Morgan fingerprint density at radius 1 is 1.09 bits per heavy atom. The van der Waals surface area contributed by atoms with Crippen molar-refractivity contribution in [1.29, 1.82) is 0 Å². The Kier molecular flexibility index (Phi) is 5.21. The zero-order valence-electron chi connectivity index (χ0n) is 19.3. The van der Waals surface area contributed by atoms with E-state index in [0.29, 0.717) is 40.1 Å². The molecule has 3 aromatic heterocycles. The highest BCUT2D eigenvalue weighted by molar-refractivity contribution is 5.79. The lowest BCUT2D eigenvalue weighted by atomic mass is 9.75. The lowest BCUT2D eigenvalue weighted by Crippen LogP contribution is -2.46. The Morgan fingerprint density at radius 3 is 2.56 bits per heavy atom. The average molecular weight is 460 g/mol. The first kappa shape index (κ1) is 21.1. The number of piperidine rings is 3. The molecule has 0 aliphatic carbocycles. The van der Waals surface area contributed by atoms with E-state index in [9.17, 15) is 0 Å². The molecule has 174 valence electrons. The first-order chi connectivity index (χ1) is 16.6. The summed E-state index contributed by atoms with van der Waals surface area (Å²) in [5.74, 6) is 1.48. The van der Waals surface area contributed by atoms with Gasteiger partial charge in [-0.2, -0.15) is 9.97 Å². The number of hydrogen-bond acceptors (Lipinski definition) is 7. The number of nitrogens with zero attached hydrogens (tertiary/aromatic N) is 7. The molecule has 3 saturated heterocycles. The van der Waals surface area contributed by atoms with E-state index in [1.54, 1.807) is 18.5 Å². The van der Waals surface area contributed by atoms with Gasteiger partial charge in [-0.3, -0.25) is 0 Å². The quantitative estimate of drug-likeness (QED) is 0.451. The molecule has 1 atom stereocenters. The standard InChI is InChI=1S/C25H26FN7O/c1-15-22-24(31-25(29-15)34-2)33(23(30-22)19-10-27-14-28-11-19)12-18-4-3-17(9-21(18)26)20-13-32-7-5-16(20)6-8-32/h3-4,9-11,14,16,20H,5-8,12-13H2,1-2H3/t20-/m0/s1. The lowest BCUT2D eigenvalue weighted by Gasteiger charge is -2.45. The summed E-state index contributed by atoms with van der Waals surface area (Å²) in [5.41, 5.74) is 4.33. The van der Waals surface area contributed by atoms with Crippen LogP contribution in [0.2, 0.25) is 0 Å². The van der Waals surface area contributed by atoms with Crippen LogP contribution in [0.1, 0.15) is 35.6 Å². The number of aryl methyl sites for hydroxylation is 1. The number of rotatable bonds is 5. The second kappa shape index (κ2) is 8.39. The van der Waals surface area contributed by atoms with Crippen LogP contribution in [-0.4, -0.2) is 61.1 Å². The van der Waals surface area contributed by atoms with Crippen LogP contribution in [-0.2, 0) is 6.54 Å². The first-order valence-electron chi connectivity index (χ1n) is 11.7. The van der Waals surface area contributed by atoms with Crippen molar-refractivity contribution in [1.82, 2.24) is 34.4 Å². The fraction of sp³-hybridized carbons (Fsp3) is 0.400. The van der Waals surface area contributed by atoms with E-state index in [1.165, 1.54) is 39.4 Å². The van der Waals surface area contributed by atoms with E-state index in [2.05, 4.69) is 30.9 Å². The van der Waals surface area contributed by atoms with Crippen LogP contribution < -0.4 is 4.74 Å². The van der Waals surface area contributed by atoms with E-state index < -0.39 is 0 Å². The zero-order chi connectivity index (χ0) is 23.2. The van der Waals surface area contributed by atoms with Crippen LogP contribution in [0.5, 0.6) is 6.01 Å². The molecule has 0 radical (unpaired) electrons. The maximum absolute atomic E-state index is 15.5. The van der Waals surface area contributed by atoms with Crippen LogP contribution in [0.3, 0.4) is 0 Å². The van der Waals surface area contributed by atoms with E-state index in [0.717, 1.165) is 17.7 Å². The minimum absolute atomic E-state index is 0.205. The SMILES string of the molecule is COc1nc(C)c2nc(-c3cncnc3)n(Cc3ccc([C@H]4CN5CCC4CC5)cc3F)c2n1. The number of ether oxygens (including phenoxy) is 1. The topological polar surface area (TPSA) is 81.8 Å². The Balaban J connectivity index is 1.41. The third kappa shape index (κ3) is 3.60. The minimum Gasteiger partial charge on any atom is -0.467 e. The molecule has 9 heteroatoms. The highest BCUT2D eigenvalue weighted by Crippen LogP contribution is 2.39.